The number of rotatable bonds is 7. The van der Waals surface area contributed by atoms with Gasteiger partial charge in [0.15, 0.2) is 0 Å². The fourth-order valence-corrected chi connectivity index (χ4v) is 1.75. The maximum Gasteiger partial charge on any atom is 0.0716 e. The van der Waals surface area contributed by atoms with Gasteiger partial charge in [-0.2, -0.15) is 0 Å². The molecular formula is C13H21NO2. The van der Waals surface area contributed by atoms with Crippen LogP contribution in [-0.2, 0) is 11.3 Å². The summed E-state index contributed by atoms with van der Waals surface area (Å²) in [5, 5.41) is 12.7. The van der Waals surface area contributed by atoms with Gasteiger partial charge >= 0.3 is 0 Å². The van der Waals surface area contributed by atoms with Crippen molar-refractivity contribution in [2.45, 2.75) is 26.0 Å². The molecular weight excluding hydrogens is 202 g/mol. The van der Waals surface area contributed by atoms with Crippen LogP contribution in [0.25, 0.3) is 0 Å². The van der Waals surface area contributed by atoms with Crippen molar-refractivity contribution in [1.29, 1.82) is 0 Å². The lowest BCUT2D eigenvalue weighted by atomic mass is 10.0. The maximum absolute atomic E-state index is 9.40. The molecule has 0 radical (unpaired) electrons. The number of aliphatic hydroxyl groups is 1. The predicted molar refractivity (Wildman–Crippen MR) is 65.3 cm³/mol. The van der Waals surface area contributed by atoms with Crippen molar-refractivity contribution in [3.63, 3.8) is 0 Å². The average molecular weight is 223 g/mol. The first-order valence-corrected chi connectivity index (χ1v) is 5.74. The maximum atomic E-state index is 9.40. The number of hydrogen-bond donors (Lipinski definition) is 2. The highest BCUT2D eigenvalue weighted by Crippen LogP contribution is 2.18. The van der Waals surface area contributed by atoms with E-state index in [4.69, 9.17) is 4.74 Å². The second-order valence-corrected chi connectivity index (χ2v) is 3.82. The van der Waals surface area contributed by atoms with E-state index in [-0.39, 0.29) is 12.6 Å². The number of nitrogens with one attached hydrogen (secondary N) is 1. The first-order valence-electron chi connectivity index (χ1n) is 5.74. The van der Waals surface area contributed by atoms with Crippen LogP contribution >= 0.6 is 0 Å². The third-order valence-corrected chi connectivity index (χ3v) is 2.55. The molecule has 0 fully saturated rings. The van der Waals surface area contributed by atoms with Crippen molar-refractivity contribution in [3.05, 3.63) is 35.4 Å². The molecule has 0 bridgehead atoms. The van der Waals surface area contributed by atoms with E-state index in [2.05, 4.69) is 12.2 Å². The molecule has 0 saturated heterocycles. The number of aliphatic hydroxyl groups excluding tert-OH is 1. The topological polar surface area (TPSA) is 41.5 Å². The lowest BCUT2D eigenvalue weighted by Gasteiger charge is -2.19. The fourth-order valence-electron chi connectivity index (χ4n) is 1.75. The molecule has 2 N–H and O–H groups in total. The van der Waals surface area contributed by atoms with Gasteiger partial charge < -0.3 is 15.2 Å². The number of ether oxygens (including phenoxy) is 1. The first kappa shape index (κ1) is 13.2. The molecule has 16 heavy (non-hydrogen) atoms. The summed E-state index contributed by atoms with van der Waals surface area (Å²) >= 11 is 0. The van der Waals surface area contributed by atoms with Crippen LogP contribution in [0.5, 0.6) is 0 Å². The van der Waals surface area contributed by atoms with Gasteiger partial charge in [0, 0.05) is 7.11 Å². The Morgan fingerprint density at radius 2 is 2.12 bits per heavy atom. The van der Waals surface area contributed by atoms with E-state index in [9.17, 15) is 5.11 Å². The Bertz CT molecular complexity index is 302. The molecule has 0 aliphatic heterocycles. The molecule has 1 aromatic carbocycles. The van der Waals surface area contributed by atoms with Crippen LogP contribution in [0.4, 0.5) is 0 Å². The van der Waals surface area contributed by atoms with Gasteiger partial charge in [0.05, 0.1) is 19.3 Å². The van der Waals surface area contributed by atoms with E-state index in [0.717, 1.165) is 24.1 Å². The van der Waals surface area contributed by atoms with Crippen LogP contribution in [0.3, 0.4) is 0 Å². The molecule has 0 saturated carbocycles. The molecule has 0 aromatic heterocycles. The molecule has 0 amide bonds. The van der Waals surface area contributed by atoms with E-state index >= 15 is 0 Å². The van der Waals surface area contributed by atoms with E-state index in [0.29, 0.717) is 6.61 Å². The quantitative estimate of drug-likeness (QED) is 0.741. The van der Waals surface area contributed by atoms with Crippen molar-refractivity contribution in [2.75, 3.05) is 20.3 Å². The fraction of sp³-hybridized carbons (Fsp3) is 0.538. The Hall–Kier alpha value is -0.900. The van der Waals surface area contributed by atoms with Gasteiger partial charge in [0.25, 0.3) is 0 Å². The molecule has 1 rings (SSSR count). The lowest BCUT2D eigenvalue weighted by Crippen LogP contribution is -2.26. The molecule has 0 aliphatic rings. The Balaban J connectivity index is 2.81. The van der Waals surface area contributed by atoms with Gasteiger partial charge in [-0.05, 0) is 24.1 Å². The van der Waals surface area contributed by atoms with Gasteiger partial charge in [-0.15, -0.1) is 0 Å². The minimum atomic E-state index is 0.00583. The standard InChI is InChI=1S/C13H21NO2/c1-3-8-14-13(9-15)12-7-5-4-6-11(12)10-16-2/h4-7,13-15H,3,8-10H2,1-2H3. The predicted octanol–water partition coefficient (Wildman–Crippen LogP) is 1.87. The normalized spacial score (nSPS) is 12.7. The van der Waals surface area contributed by atoms with E-state index in [1.165, 1.54) is 0 Å². The van der Waals surface area contributed by atoms with E-state index in [1.807, 2.05) is 24.3 Å². The van der Waals surface area contributed by atoms with Crippen LogP contribution in [0.1, 0.15) is 30.5 Å². The summed E-state index contributed by atoms with van der Waals surface area (Å²) in [6.45, 7) is 3.72. The van der Waals surface area contributed by atoms with Crippen molar-refractivity contribution in [3.8, 4) is 0 Å². The first-order chi connectivity index (χ1) is 7.83. The van der Waals surface area contributed by atoms with Crippen LogP contribution in [0.15, 0.2) is 24.3 Å². The molecule has 3 nitrogen and oxygen atoms in total. The van der Waals surface area contributed by atoms with Gasteiger partial charge in [0.2, 0.25) is 0 Å². The zero-order valence-electron chi connectivity index (χ0n) is 10.1. The number of methoxy groups -OCH3 is 1. The summed E-state index contributed by atoms with van der Waals surface area (Å²) in [5.41, 5.74) is 2.26. The van der Waals surface area contributed by atoms with E-state index < -0.39 is 0 Å². The summed E-state index contributed by atoms with van der Waals surface area (Å²) < 4.78 is 5.16. The largest absolute Gasteiger partial charge is 0.394 e. The monoisotopic (exact) mass is 223 g/mol. The summed E-state index contributed by atoms with van der Waals surface area (Å²) in [6.07, 6.45) is 1.06. The Morgan fingerprint density at radius 1 is 1.38 bits per heavy atom. The molecule has 0 aliphatic carbocycles. The summed E-state index contributed by atoms with van der Waals surface area (Å²) in [4.78, 5) is 0. The minimum absolute atomic E-state index is 0.00583. The van der Waals surface area contributed by atoms with Crippen LogP contribution in [-0.4, -0.2) is 25.4 Å². The molecule has 1 unspecified atom stereocenters. The highest BCUT2D eigenvalue weighted by molar-refractivity contribution is 5.29. The van der Waals surface area contributed by atoms with Crippen LogP contribution < -0.4 is 5.32 Å². The zero-order chi connectivity index (χ0) is 11.8. The molecule has 3 heteroatoms. The molecule has 1 aromatic rings. The lowest BCUT2D eigenvalue weighted by molar-refractivity contribution is 0.181. The minimum Gasteiger partial charge on any atom is -0.394 e. The Morgan fingerprint density at radius 3 is 2.75 bits per heavy atom. The van der Waals surface area contributed by atoms with Gasteiger partial charge in [-0.1, -0.05) is 31.2 Å². The third kappa shape index (κ3) is 3.59. The van der Waals surface area contributed by atoms with Gasteiger partial charge in [0.1, 0.15) is 0 Å². The summed E-state index contributed by atoms with van der Waals surface area (Å²) in [7, 11) is 1.68. The van der Waals surface area contributed by atoms with Gasteiger partial charge in [-0.25, -0.2) is 0 Å². The van der Waals surface area contributed by atoms with Gasteiger partial charge in [-0.3, -0.25) is 0 Å². The third-order valence-electron chi connectivity index (χ3n) is 2.55. The Labute approximate surface area is 97.4 Å². The highest BCUT2D eigenvalue weighted by atomic mass is 16.5. The summed E-state index contributed by atoms with van der Waals surface area (Å²) in [5.74, 6) is 0. The second kappa shape index (κ2) is 7.39. The Kier molecular flexibility index (Phi) is 6.08. The SMILES string of the molecule is CCCNC(CO)c1ccccc1COC. The van der Waals surface area contributed by atoms with Crippen molar-refractivity contribution in [2.24, 2.45) is 0 Å². The van der Waals surface area contributed by atoms with Crippen LogP contribution in [0, 0.1) is 0 Å². The van der Waals surface area contributed by atoms with Crippen LogP contribution in [0.2, 0.25) is 0 Å². The molecule has 1 atom stereocenters. The summed E-state index contributed by atoms with van der Waals surface area (Å²) in [6, 6.07) is 8.07. The number of hydrogen-bond acceptors (Lipinski definition) is 3. The average Bonchev–Trinajstić information content (AvgIpc) is 2.32. The van der Waals surface area contributed by atoms with E-state index in [1.54, 1.807) is 7.11 Å². The smallest absolute Gasteiger partial charge is 0.0716 e. The number of benzene rings is 1. The molecule has 0 spiro atoms. The van der Waals surface area contributed by atoms with Crippen molar-refractivity contribution >= 4 is 0 Å². The molecule has 0 heterocycles. The molecule has 90 valence electrons. The van der Waals surface area contributed by atoms with Crippen molar-refractivity contribution < 1.29 is 9.84 Å². The highest BCUT2D eigenvalue weighted by Gasteiger charge is 2.12. The second-order valence-electron chi connectivity index (χ2n) is 3.82. The zero-order valence-corrected chi connectivity index (χ0v) is 10.1. The van der Waals surface area contributed by atoms with Crippen molar-refractivity contribution in [1.82, 2.24) is 5.32 Å².